The van der Waals surface area contributed by atoms with Crippen molar-refractivity contribution in [2.75, 3.05) is 19.7 Å². The van der Waals surface area contributed by atoms with E-state index in [1.165, 1.54) is 17.0 Å². The summed E-state index contributed by atoms with van der Waals surface area (Å²) in [7, 11) is 0. The zero-order valence-electron chi connectivity index (χ0n) is 10.8. The molecule has 2 rings (SSSR count). The van der Waals surface area contributed by atoms with E-state index in [0.29, 0.717) is 0 Å². The summed E-state index contributed by atoms with van der Waals surface area (Å²) >= 11 is 5.92. The SMILES string of the molecule is NC(=O)[C@H]1CN(C(=O)c2cc([N+](=O)[O-])ccc2Cl)CCO1. The van der Waals surface area contributed by atoms with Crippen molar-refractivity contribution in [2.24, 2.45) is 5.73 Å². The van der Waals surface area contributed by atoms with Crippen molar-refractivity contribution >= 4 is 29.1 Å². The van der Waals surface area contributed by atoms with E-state index in [9.17, 15) is 19.7 Å². The molecule has 1 aromatic rings. The van der Waals surface area contributed by atoms with Crippen LogP contribution in [0.25, 0.3) is 0 Å². The van der Waals surface area contributed by atoms with Crippen LogP contribution in [0.1, 0.15) is 10.4 Å². The minimum absolute atomic E-state index is 0.00676. The van der Waals surface area contributed by atoms with E-state index >= 15 is 0 Å². The van der Waals surface area contributed by atoms with Crippen LogP contribution in [0, 0.1) is 10.1 Å². The Labute approximate surface area is 124 Å². The molecule has 0 aliphatic carbocycles. The van der Waals surface area contributed by atoms with Gasteiger partial charge in [0, 0.05) is 18.7 Å². The molecule has 9 heteroatoms. The van der Waals surface area contributed by atoms with Gasteiger partial charge in [0.2, 0.25) is 5.91 Å². The maximum atomic E-state index is 12.4. The molecule has 1 aromatic carbocycles. The fraction of sp³-hybridized carbons (Fsp3) is 0.333. The van der Waals surface area contributed by atoms with E-state index in [2.05, 4.69) is 0 Å². The molecule has 0 spiro atoms. The number of halogens is 1. The zero-order chi connectivity index (χ0) is 15.6. The van der Waals surface area contributed by atoms with Crippen molar-refractivity contribution in [1.82, 2.24) is 4.90 Å². The van der Waals surface area contributed by atoms with Crippen LogP contribution in [0.4, 0.5) is 5.69 Å². The summed E-state index contributed by atoms with van der Waals surface area (Å²) in [6.07, 6.45) is -0.889. The maximum Gasteiger partial charge on any atom is 0.270 e. The Bertz CT molecular complexity index is 607. The first-order valence-electron chi connectivity index (χ1n) is 6.04. The van der Waals surface area contributed by atoms with E-state index in [0.717, 1.165) is 6.07 Å². The van der Waals surface area contributed by atoms with Crippen molar-refractivity contribution in [3.8, 4) is 0 Å². The minimum Gasteiger partial charge on any atom is -0.367 e. The lowest BCUT2D eigenvalue weighted by molar-refractivity contribution is -0.384. The second-order valence-corrected chi connectivity index (χ2v) is 4.84. The molecule has 2 amide bonds. The predicted molar refractivity (Wildman–Crippen MR) is 72.9 cm³/mol. The molecule has 1 saturated heterocycles. The van der Waals surface area contributed by atoms with Gasteiger partial charge in [-0.3, -0.25) is 19.7 Å². The quantitative estimate of drug-likeness (QED) is 0.647. The smallest absolute Gasteiger partial charge is 0.270 e. The van der Waals surface area contributed by atoms with Crippen molar-refractivity contribution in [3.05, 3.63) is 38.9 Å². The Hall–Kier alpha value is -2.19. The van der Waals surface area contributed by atoms with Gasteiger partial charge >= 0.3 is 0 Å². The first kappa shape index (κ1) is 15.2. The number of carbonyl (C=O) groups is 2. The number of amides is 2. The van der Waals surface area contributed by atoms with Gasteiger partial charge in [-0.1, -0.05) is 11.6 Å². The lowest BCUT2D eigenvalue weighted by Crippen LogP contribution is -2.50. The third-order valence-electron chi connectivity index (χ3n) is 3.06. The molecule has 1 fully saturated rings. The number of ether oxygens (including phenoxy) is 1. The van der Waals surface area contributed by atoms with Crippen molar-refractivity contribution < 1.29 is 19.2 Å². The summed E-state index contributed by atoms with van der Waals surface area (Å²) in [4.78, 5) is 35.0. The van der Waals surface area contributed by atoms with Crippen LogP contribution in [0.2, 0.25) is 5.02 Å². The highest BCUT2D eigenvalue weighted by atomic mass is 35.5. The van der Waals surface area contributed by atoms with Crippen LogP contribution in [-0.4, -0.2) is 47.4 Å². The van der Waals surface area contributed by atoms with E-state index in [-0.39, 0.29) is 36.0 Å². The summed E-state index contributed by atoms with van der Waals surface area (Å²) in [5, 5.41) is 10.9. The van der Waals surface area contributed by atoms with E-state index < -0.39 is 22.8 Å². The van der Waals surface area contributed by atoms with Gasteiger partial charge in [0.1, 0.15) is 0 Å². The van der Waals surface area contributed by atoms with Gasteiger partial charge in [-0.15, -0.1) is 0 Å². The Balaban J connectivity index is 2.25. The molecule has 1 heterocycles. The average molecular weight is 314 g/mol. The van der Waals surface area contributed by atoms with Gasteiger partial charge in [0.05, 0.1) is 28.7 Å². The van der Waals surface area contributed by atoms with Gasteiger partial charge in [0.15, 0.2) is 6.10 Å². The number of nitrogens with two attached hydrogens (primary N) is 1. The van der Waals surface area contributed by atoms with Crippen LogP contribution in [0.5, 0.6) is 0 Å². The predicted octanol–water partition coefficient (Wildman–Crippen LogP) is 0.575. The van der Waals surface area contributed by atoms with Crippen molar-refractivity contribution in [2.45, 2.75) is 6.10 Å². The van der Waals surface area contributed by atoms with Gasteiger partial charge in [-0.25, -0.2) is 0 Å². The molecule has 2 N–H and O–H groups in total. The number of nitro groups is 1. The maximum absolute atomic E-state index is 12.4. The minimum atomic E-state index is -0.889. The molecule has 1 aliphatic heterocycles. The number of nitro benzene ring substituents is 1. The number of nitrogens with zero attached hydrogens (tertiary/aromatic N) is 2. The van der Waals surface area contributed by atoms with E-state index in [1.807, 2.05) is 0 Å². The molecule has 0 aromatic heterocycles. The van der Waals surface area contributed by atoms with Crippen LogP contribution in [-0.2, 0) is 9.53 Å². The number of morpholine rings is 1. The van der Waals surface area contributed by atoms with Gasteiger partial charge in [0.25, 0.3) is 11.6 Å². The molecule has 1 aliphatic rings. The number of primary amides is 1. The lowest BCUT2D eigenvalue weighted by Gasteiger charge is -2.31. The molecule has 0 radical (unpaired) electrons. The second kappa shape index (κ2) is 6.06. The number of hydrogen-bond donors (Lipinski definition) is 1. The Morgan fingerprint density at radius 1 is 1.48 bits per heavy atom. The first-order valence-corrected chi connectivity index (χ1v) is 6.42. The number of carbonyl (C=O) groups excluding carboxylic acids is 2. The third kappa shape index (κ3) is 3.29. The van der Waals surface area contributed by atoms with E-state index in [1.54, 1.807) is 0 Å². The number of rotatable bonds is 3. The topological polar surface area (TPSA) is 116 Å². The second-order valence-electron chi connectivity index (χ2n) is 4.43. The summed E-state index contributed by atoms with van der Waals surface area (Å²) in [6, 6.07) is 3.61. The van der Waals surface area contributed by atoms with Gasteiger partial charge < -0.3 is 15.4 Å². The Morgan fingerprint density at radius 2 is 2.19 bits per heavy atom. The summed E-state index contributed by atoms with van der Waals surface area (Å²) in [6.45, 7) is 0.403. The van der Waals surface area contributed by atoms with Crippen molar-refractivity contribution in [1.29, 1.82) is 0 Å². The highest BCUT2D eigenvalue weighted by Crippen LogP contribution is 2.24. The first-order chi connectivity index (χ1) is 9.90. The zero-order valence-corrected chi connectivity index (χ0v) is 11.6. The van der Waals surface area contributed by atoms with Gasteiger partial charge in [-0.2, -0.15) is 0 Å². The number of benzene rings is 1. The summed E-state index contributed by atoms with van der Waals surface area (Å²) < 4.78 is 5.14. The molecule has 0 bridgehead atoms. The average Bonchev–Trinajstić information content (AvgIpc) is 2.47. The largest absolute Gasteiger partial charge is 0.367 e. The summed E-state index contributed by atoms with van der Waals surface area (Å²) in [5.41, 5.74) is 4.92. The molecule has 112 valence electrons. The lowest BCUT2D eigenvalue weighted by atomic mass is 10.1. The highest BCUT2D eigenvalue weighted by Gasteiger charge is 2.29. The third-order valence-corrected chi connectivity index (χ3v) is 3.39. The monoisotopic (exact) mass is 313 g/mol. The fourth-order valence-electron chi connectivity index (χ4n) is 1.97. The molecule has 0 unspecified atom stereocenters. The standard InChI is InChI=1S/C12H12ClN3O5/c13-9-2-1-7(16(19)20)5-8(9)12(18)15-3-4-21-10(6-15)11(14)17/h1-2,5,10H,3-4,6H2,(H2,14,17)/t10-/m1/s1. The number of hydrogen-bond acceptors (Lipinski definition) is 5. The van der Waals surface area contributed by atoms with Crippen LogP contribution >= 0.6 is 11.6 Å². The Morgan fingerprint density at radius 3 is 2.81 bits per heavy atom. The molecular weight excluding hydrogens is 302 g/mol. The summed E-state index contributed by atoms with van der Waals surface area (Å²) in [5.74, 6) is -1.17. The molecule has 8 nitrogen and oxygen atoms in total. The molecule has 0 saturated carbocycles. The number of non-ortho nitro benzene ring substituents is 1. The normalized spacial score (nSPS) is 18.3. The van der Waals surface area contributed by atoms with Crippen molar-refractivity contribution in [3.63, 3.8) is 0 Å². The van der Waals surface area contributed by atoms with Crippen LogP contribution in [0.3, 0.4) is 0 Å². The Kier molecular flexibility index (Phi) is 4.39. The molecule has 21 heavy (non-hydrogen) atoms. The molecular formula is C12H12ClN3O5. The van der Waals surface area contributed by atoms with Crippen LogP contribution < -0.4 is 5.73 Å². The highest BCUT2D eigenvalue weighted by molar-refractivity contribution is 6.33. The molecule has 1 atom stereocenters. The van der Waals surface area contributed by atoms with E-state index in [4.69, 9.17) is 22.1 Å². The van der Waals surface area contributed by atoms with Crippen LogP contribution in [0.15, 0.2) is 18.2 Å². The van der Waals surface area contributed by atoms with Gasteiger partial charge in [-0.05, 0) is 6.07 Å². The fourth-order valence-corrected chi connectivity index (χ4v) is 2.17.